The number of nitrogens with one attached hydrogen (secondary N) is 1. The molecular weight excluding hydrogens is 340 g/mol. The van der Waals surface area contributed by atoms with Gasteiger partial charge >= 0.3 is 11.9 Å². The van der Waals surface area contributed by atoms with E-state index in [2.05, 4.69) is 26.1 Å². The third kappa shape index (κ3) is 9.39. The third-order valence-electron chi connectivity index (χ3n) is 4.09. The summed E-state index contributed by atoms with van der Waals surface area (Å²) >= 11 is 0. The van der Waals surface area contributed by atoms with E-state index < -0.39 is 36.4 Å². The number of hydrogen-bond donors (Lipinski definition) is 3. The number of nitrogens with zero attached hydrogens (tertiary/aromatic N) is 1. The Morgan fingerprint density at radius 3 is 1.88 bits per heavy atom. The van der Waals surface area contributed by atoms with Crippen molar-refractivity contribution in [1.29, 1.82) is 0 Å². The molecule has 0 aliphatic rings. The Labute approximate surface area is 154 Å². The van der Waals surface area contributed by atoms with Gasteiger partial charge in [0.05, 0.1) is 0 Å². The minimum absolute atomic E-state index is 0.0190. The van der Waals surface area contributed by atoms with Crippen molar-refractivity contribution in [2.45, 2.75) is 60.3 Å². The average Bonchev–Trinajstić information content (AvgIpc) is 2.43. The molecule has 0 rings (SSSR count). The number of carboxylic acids is 2. The first-order valence-corrected chi connectivity index (χ1v) is 8.80. The van der Waals surface area contributed by atoms with Crippen molar-refractivity contribution in [2.24, 2.45) is 10.8 Å². The SMILES string of the molecule is CCCC(C)(C)CC(C)(C)C(=O)NCCC(=O)N(CC(=O)O)CC(=O)O. The molecule has 0 aliphatic carbocycles. The molecule has 0 fully saturated rings. The quantitative estimate of drug-likeness (QED) is 0.479. The molecule has 8 nitrogen and oxygen atoms in total. The van der Waals surface area contributed by atoms with E-state index in [1.807, 2.05) is 13.8 Å². The van der Waals surface area contributed by atoms with E-state index in [4.69, 9.17) is 10.2 Å². The molecule has 0 spiro atoms. The largest absolute Gasteiger partial charge is 0.480 e. The van der Waals surface area contributed by atoms with Gasteiger partial charge in [0.15, 0.2) is 0 Å². The lowest BCUT2D eigenvalue weighted by molar-refractivity contribution is -0.149. The Morgan fingerprint density at radius 2 is 1.46 bits per heavy atom. The lowest BCUT2D eigenvalue weighted by Crippen LogP contribution is -2.43. The summed E-state index contributed by atoms with van der Waals surface area (Å²) in [4.78, 5) is 46.7. The number of carbonyl (C=O) groups is 4. The zero-order valence-electron chi connectivity index (χ0n) is 16.4. The van der Waals surface area contributed by atoms with Crippen LogP contribution in [0.3, 0.4) is 0 Å². The number of aliphatic carboxylic acids is 2. The van der Waals surface area contributed by atoms with E-state index in [-0.39, 0.29) is 24.3 Å². The van der Waals surface area contributed by atoms with Crippen molar-refractivity contribution in [3.63, 3.8) is 0 Å². The summed E-state index contributed by atoms with van der Waals surface area (Å²) in [5.74, 6) is -3.39. The number of rotatable bonds is 12. The molecule has 0 saturated heterocycles. The van der Waals surface area contributed by atoms with E-state index in [9.17, 15) is 19.2 Å². The number of amides is 2. The second kappa shape index (κ2) is 10.1. The van der Waals surface area contributed by atoms with Crippen molar-refractivity contribution in [1.82, 2.24) is 10.2 Å². The van der Waals surface area contributed by atoms with Crippen LogP contribution in [0.2, 0.25) is 0 Å². The molecule has 0 heterocycles. The van der Waals surface area contributed by atoms with Crippen molar-refractivity contribution in [3.8, 4) is 0 Å². The summed E-state index contributed by atoms with van der Waals surface area (Å²) in [5, 5.41) is 20.2. The molecule has 0 aromatic heterocycles. The van der Waals surface area contributed by atoms with Gasteiger partial charge in [-0.1, -0.05) is 41.0 Å². The van der Waals surface area contributed by atoms with Gasteiger partial charge in [0.25, 0.3) is 0 Å². The highest BCUT2D eigenvalue weighted by Crippen LogP contribution is 2.37. The van der Waals surface area contributed by atoms with Crippen molar-refractivity contribution in [2.75, 3.05) is 19.6 Å². The molecule has 0 unspecified atom stereocenters. The van der Waals surface area contributed by atoms with Crippen LogP contribution in [0.4, 0.5) is 0 Å². The summed E-state index contributed by atoms with van der Waals surface area (Å²) < 4.78 is 0. The first-order valence-electron chi connectivity index (χ1n) is 8.80. The van der Waals surface area contributed by atoms with Gasteiger partial charge in [-0.05, 0) is 18.3 Å². The van der Waals surface area contributed by atoms with Crippen LogP contribution in [0.15, 0.2) is 0 Å². The maximum atomic E-state index is 12.4. The van der Waals surface area contributed by atoms with Gasteiger partial charge in [0, 0.05) is 18.4 Å². The number of carbonyl (C=O) groups excluding carboxylic acids is 2. The Morgan fingerprint density at radius 1 is 0.962 bits per heavy atom. The van der Waals surface area contributed by atoms with E-state index in [1.54, 1.807) is 0 Å². The lowest BCUT2D eigenvalue weighted by Gasteiger charge is -2.34. The molecule has 26 heavy (non-hydrogen) atoms. The predicted octanol–water partition coefficient (Wildman–Crippen LogP) is 1.73. The fourth-order valence-electron chi connectivity index (χ4n) is 3.28. The molecular formula is C18H32N2O6. The molecule has 2 amide bonds. The minimum atomic E-state index is -1.29. The second-order valence-corrected chi connectivity index (χ2v) is 8.02. The highest BCUT2D eigenvalue weighted by Gasteiger charge is 2.34. The van der Waals surface area contributed by atoms with E-state index >= 15 is 0 Å². The minimum Gasteiger partial charge on any atom is -0.480 e. The molecule has 0 saturated carbocycles. The Hall–Kier alpha value is -2.12. The zero-order chi connectivity index (χ0) is 20.5. The van der Waals surface area contributed by atoms with E-state index in [1.165, 1.54) is 0 Å². The van der Waals surface area contributed by atoms with Crippen LogP contribution in [-0.2, 0) is 19.2 Å². The fraction of sp³-hybridized carbons (Fsp3) is 0.778. The van der Waals surface area contributed by atoms with Gasteiger partial charge in [-0.15, -0.1) is 0 Å². The summed E-state index contributed by atoms with van der Waals surface area (Å²) in [6.07, 6.45) is 2.57. The van der Waals surface area contributed by atoms with Gasteiger partial charge in [-0.3, -0.25) is 19.2 Å². The maximum Gasteiger partial charge on any atom is 0.323 e. The third-order valence-corrected chi connectivity index (χ3v) is 4.09. The molecule has 0 aromatic carbocycles. The lowest BCUT2D eigenvalue weighted by atomic mass is 9.72. The number of hydrogen-bond acceptors (Lipinski definition) is 4. The van der Waals surface area contributed by atoms with Gasteiger partial charge in [-0.25, -0.2) is 0 Å². The summed E-state index contributed by atoms with van der Waals surface area (Å²) in [6.45, 7) is 8.69. The molecule has 3 N–H and O–H groups in total. The van der Waals surface area contributed by atoms with Crippen LogP contribution in [-0.4, -0.2) is 58.5 Å². The Kier molecular flexibility index (Phi) is 9.31. The normalized spacial score (nSPS) is 11.7. The van der Waals surface area contributed by atoms with Crippen LogP contribution in [0, 0.1) is 10.8 Å². The highest BCUT2D eigenvalue weighted by molar-refractivity contribution is 5.86. The Balaban J connectivity index is 4.63. The average molecular weight is 372 g/mol. The van der Waals surface area contributed by atoms with Crippen molar-refractivity contribution >= 4 is 23.8 Å². The molecule has 0 bridgehead atoms. The van der Waals surface area contributed by atoms with E-state index in [0.29, 0.717) is 6.42 Å². The summed E-state index contributed by atoms with van der Waals surface area (Å²) in [6, 6.07) is 0. The zero-order valence-corrected chi connectivity index (χ0v) is 16.4. The molecule has 0 aromatic rings. The van der Waals surface area contributed by atoms with Crippen LogP contribution in [0.1, 0.15) is 60.3 Å². The maximum absolute atomic E-state index is 12.4. The first-order chi connectivity index (χ1) is 11.8. The molecule has 0 aliphatic heterocycles. The molecule has 0 atom stereocenters. The topological polar surface area (TPSA) is 124 Å². The smallest absolute Gasteiger partial charge is 0.323 e. The standard InChI is InChI=1S/C18H32N2O6/c1-6-8-17(2,3)12-18(4,5)16(26)19-9-7-13(21)20(10-14(22)23)11-15(24)25/h6-12H2,1-5H3,(H,19,26)(H,22,23)(H,24,25). The van der Waals surface area contributed by atoms with Gasteiger partial charge in [0.2, 0.25) is 11.8 Å². The second-order valence-electron chi connectivity index (χ2n) is 8.02. The molecule has 8 heteroatoms. The monoisotopic (exact) mass is 372 g/mol. The van der Waals surface area contributed by atoms with Crippen LogP contribution >= 0.6 is 0 Å². The number of carboxylic acid groups (broad SMARTS) is 2. The highest BCUT2D eigenvalue weighted by atomic mass is 16.4. The first kappa shape index (κ1) is 23.9. The summed E-state index contributed by atoms with van der Waals surface area (Å²) in [5.41, 5.74) is -0.589. The Bertz CT molecular complexity index is 512. The van der Waals surface area contributed by atoms with Crippen LogP contribution < -0.4 is 5.32 Å². The molecule has 150 valence electrons. The van der Waals surface area contributed by atoms with Crippen LogP contribution in [0.25, 0.3) is 0 Å². The van der Waals surface area contributed by atoms with Gasteiger partial charge < -0.3 is 20.4 Å². The van der Waals surface area contributed by atoms with Gasteiger partial charge in [0.1, 0.15) is 13.1 Å². The fourth-order valence-corrected chi connectivity index (χ4v) is 3.28. The van der Waals surface area contributed by atoms with Crippen LogP contribution in [0.5, 0.6) is 0 Å². The van der Waals surface area contributed by atoms with E-state index in [0.717, 1.165) is 17.7 Å². The van der Waals surface area contributed by atoms with Crippen molar-refractivity contribution < 1.29 is 29.4 Å². The molecule has 0 radical (unpaired) electrons. The summed E-state index contributed by atoms with van der Waals surface area (Å²) in [7, 11) is 0. The van der Waals surface area contributed by atoms with Gasteiger partial charge in [-0.2, -0.15) is 0 Å². The van der Waals surface area contributed by atoms with Crippen molar-refractivity contribution in [3.05, 3.63) is 0 Å². The predicted molar refractivity (Wildman–Crippen MR) is 96.6 cm³/mol.